The van der Waals surface area contributed by atoms with Crippen LogP contribution in [0, 0.1) is 5.92 Å². The van der Waals surface area contributed by atoms with Crippen LogP contribution in [0.15, 0.2) is 17.5 Å². The standard InChI is InChI=1S/C13H20N2S/c1-10(13-3-2-8-16-13)15-7-6-14-12(9-15)11-4-5-11/h2-3,8,10-12,14H,4-7,9H2,1H3. The average molecular weight is 236 g/mol. The predicted octanol–water partition coefficient (Wildman–Crippen LogP) is 2.49. The molecule has 0 bridgehead atoms. The van der Waals surface area contributed by atoms with Crippen LogP contribution in [0.25, 0.3) is 0 Å². The topological polar surface area (TPSA) is 15.3 Å². The van der Waals surface area contributed by atoms with Crippen LogP contribution in [0.4, 0.5) is 0 Å². The molecule has 3 heteroatoms. The minimum Gasteiger partial charge on any atom is -0.311 e. The minimum absolute atomic E-state index is 0.600. The smallest absolute Gasteiger partial charge is 0.0414 e. The van der Waals surface area contributed by atoms with Crippen LogP contribution in [0.3, 0.4) is 0 Å². The van der Waals surface area contributed by atoms with Gasteiger partial charge in [0.25, 0.3) is 0 Å². The summed E-state index contributed by atoms with van der Waals surface area (Å²) in [4.78, 5) is 4.15. The normalized spacial score (nSPS) is 29.2. The Morgan fingerprint density at radius 1 is 1.50 bits per heavy atom. The maximum atomic E-state index is 3.67. The lowest BCUT2D eigenvalue weighted by molar-refractivity contribution is 0.146. The van der Waals surface area contributed by atoms with Gasteiger partial charge in [0.2, 0.25) is 0 Å². The molecule has 0 aromatic carbocycles. The van der Waals surface area contributed by atoms with Crippen molar-refractivity contribution in [3.8, 4) is 0 Å². The summed E-state index contributed by atoms with van der Waals surface area (Å²) in [7, 11) is 0. The van der Waals surface area contributed by atoms with Crippen molar-refractivity contribution in [3.63, 3.8) is 0 Å². The van der Waals surface area contributed by atoms with E-state index in [4.69, 9.17) is 0 Å². The number of hydrogen-bond acceptors (Lipinski definition) is 3. The van der Waals surface area contributed by atoms with Gasteiger partial charge in [-0.1, -0.05) is 6.07 Å². The van der Waals surface area contributed by atoms with Crippen LogP contribution in [0.2, 0.25) is 0 Å². The second-order valence-electron chi connectivity index (χ2n) is 5.08. The molecule has 2 nitrogen and oxygen atoms in total. The molecule has 3 rings (SSSR count). The molecule has 0 radical (unpaired) electrons. The lowest BCUT2D eigenvalue weighted by atomic mass is 10.1. The number of thiophene rings is 1. The minimum atomic E-state index is 0.600. The van der Waals surface area contributed by atoms with Gasteiger partial charge in [-0.25, -0.2) is 0 Å². The third kappa shape index (κ3) is 2.17. The molecule has 1 saturated carbocycles. The molecule has 1 aliphatic carbocycles. The largest absolute Gasteiger partial charge is 0.311 e. The summed E-state index contributed by atoms with van der Waals surface area (Å²) < 4.78 is 0. The molecular formula is C13H20N2S. The second-order valence-corrected chi connectivity index (χ2v) is 6.06. The van der Waals surface area contributed by atoms with Gasteiger partial charge in [0.15, 0.2) is 0 Å². The van der Waals surface area contributed by atoms with Gasteiger partial charge in [-0.2, -0.15) is 0 Å². The molecule has 1 aromatic rings. The van der Waals surface area contributed by atoms with E-state index in [9.17, 15) is 0 Å². The van der Waals surface area contributed by atoms with Gasteiger partial charge in [0.1, 0.15) is 0 Å². The van der Waals surface area contributed by atoms with Gasteiger partial charge < -0.3 is 5.32 Å². The Balaban J connectivity index is 1.65. The van der Waals surface area contributed by atoms with Gasteiger partial charge in [0, 0.05) is 36.6 Å². The molecule has 0 spiro atoms. The van der Waals surface area contributed by atoms with Crippen LogP contribution in [-0.4, -0.2) is 30.6 Å². The maximum Gasteiger partial charge on any atom is 0.0414 e. The van der Waals surface area contributed by atoms with E-state index >= 15 is 0 Å². The fourth-order valence-corrected chi connectivity index (χ4v) is 3.49. The summed E-state index contributed by atoms with van der Waals surface area (Å²) in [6, 6.07) is 5.79. The van der Waals surface area contributed by atoms with Crippen LogP contribution in [0.5, 0.6) is 0 Å². The van der Waals surface area contributed by atoms with Gasteiger partial charge in [-0.3, -0.25) is 4.90 Å². The zero-order valence-corrected chi connectivity index (χ0v) is 10.7. The first-order chi connectivity index (χ1) is 7.84. The Morgan fingerprint density at radius 3 is 3.06 bits per heavy atom. The van der Waals surface area contributed by atoms with E-state index in [2.05, 4.69) is 34.7 Å². The molecule has 2 heterocycles. The Labute approximate surface area is 102 Å². The molecule has 2 unspecified atom stereocenters. The Morgan fingerprint density at radius 2 is 2.38 bits per heavy atom. The van der Waals surface area contributed by atoms with E-state index in [1.807, 2.05) is 11.3 Å². The van der Waals surface area contributed by atoms with E-state index in [0.29, 0.717) is 6.04 Å². The highest BCUT2D eigenvalue weighted by Gasteiger charge is 2.35. The molecule has 2 fully saturated rings. The number of hydrogen-bond donors (Lipinski definition) is 1. The highest BCUT2D eigenvalue weighted by atomic mass is 32.1. The molecule has 2 aliphatic rings. The van der Waals surface area contributed by atoms with Crippen LogP contribution in [0.1, 0.15) is 30.7 Å². The Bertz CT molecular complexity index is 332. The van der Waals surface area contributed by atoms with Crippen molar-refractivity contribution in [1.82, 2.24) is 10.2 Å². The average Bonchev–Trinajstić information content (AvgIpc) is 3.04. The third-order valence-electron chi connectivity index (χ3n) is 3.93. The van der Waals surface area contributed by atoms with Gasteiger partial charge in [-0.15, -0.1) is 11.3 Å². The molecule has 1 N–H and O–H groups in total. The lowest BCUT2D eigenvalue weighted by Crippen LogP contribution is -2.52. The number of rotatable bonds is 3. The summed E-state index contributed by atoms with van der Waals surface area (Å²) in [6.07, 6.45) is 2.89. The number of piperazine rings is 1. The van der Waals surface area contributed by atoms with E-state index in [0.717, 1.165) is 18.5 Å². The van der Waals surface area contributed by atoms with Crippen molar-refractivity contribution in [2.45, 2.75) is 31.8 Å². The first kappa shape index (κ1) is 10.8. The van der Waals surface area contributed by atoms with Crippen molar-refractivity contribution in [2.75, 3.05) is 19.6 Å². The summed E-state index contributed by atoms with van der Waals surface area (Å²) >= 11 is 1.89. The van der Waals surface area contributed by atoms with Crippen molar-refractivity contribution in [3.05, 3.63) is 22.4 Å². The fraction of sp³-hybridized carbons (Fsp3) is 0.692. The molecule has 0 amide bonds. The van der Waals surface area contributed by atoms with Gasteiger partial charge in [-0.05, 0) is 37.1 Å². The Kier molecular flexibility index (Phi) is 3.01. The molecule has 1 aliphatic heterocycles. The maximum absolute atomic E-state index is 3.67. The van der Waals surface area contributed by atoms with Gasteiger partial charge in [0.05, 0.1) is 0 Å². The van der Waals surface area contributed by atoms with Crippen LogP contribution < -0.4 is 5.32 Å². The number of nitrogens with one attached hydrogen (secondary N) is 1. The molecule has 2 atom stereocenters. The third-order valence-corrected chi connectivity index (χ3v) is 4.97. The fourth-order valence-electron chi connectivity index (χ4n) is 2.68. The molecular weight excluding hydrogens is 216 g/mol. The monoisotopic (exact) mass is 236 g/mol. The predicted molar refractivity (Wildman–Crippen MR) is 68.8 cm³/mol. The lowest BCUT2D eigenvalue weighted by Gasteiger charge is -2.37. The quantitative estimate of drug-likeness (QED) is 0.867. The zero-order valence-electron chi connectivity index (χ0n) is 9.86. The number of nitrogens with zero attached hydrogens (tertiary/aromatic N) is 1. The zero-order chi connectivity index (χ0) is 11.0. The van der Waals surface area contributed by atoms with Crippen LogP contribution in [-0.2, 0) is 0 Å². The first-order valence-electron chi connectivity index (χ1n) is 6.35. The van der Waals surface area contributed by atoms with Crippen molar-refractivity contribution in [2.24, 2.45) is 5.92 Å². The van der Waals surface area contributed by atoms with Crippen molar-refractivity contribution >= 4 is 11.3 Å². The van der Waals surface area contributed by atoms with E-state index in [-0.39, 0.29) is 0 Å². The van der Waals surface area contributed by atoms with E-state index in [1.54, 1.807) is 0 Å². The second kappa shape index (κ2) is 4.47. The summed E-state index contributed by atoms with van der Waals surface area (Å²) in [6.45, 7) is 5.95. The summed E-state index contributed by atoms with van der Waals surface area (Å²) in [5.74, 6) is 0.971. The van der Waals surface area contributed by atoms with Crippen LogP contribution >= 0.6 is 11.3 Å². The summed E-state index contributed by atoms with van der Waals surface area (Å²) in [5.41, 5.74) is 0. The highest BCUT2D eigenvalue weighted by Crippen LogP contribution is 2.35. The molecule has 88 valence electrons. The molecule has 1 saturated heterocycles. The Hall–Kier alpha value is -0.380. The van der Waals surface area contributed by atoms with E-state index < -0.39 is 0 Å². The van der Waals surface area contributed by atoms with Crippen molar-refractivity contribution in [1.29, 1.82) is 0 Å². The first-order valence-corrected chi connectivity index (χ1v) is 7.23. The van der Waals surface area contributed by atoms with E-state index in [1.165, 1.54) is 30.8 Å². The highest BCUT2D eigenvalue weighted by molar-refractivity contribution is 7.10. The van der Waals surface area contributed by atoms with Crippen molar-refractivity contribution < 1.29 is 0 Å². The molecule has 1 aromatic heterocycles. The van der Waals surface area contributed by atoms with Gasteiger partial charge >= 0.3 is 0 Å². The SMILES string of the molecule is CC(c1cccs1)N1CCNC(C2CC2)C1. The molecule has 16 heavy (non-hydrogen) atoms. The summed E-state index contributed by atoms with van der Waals surface area (Å²) in [5, 5.41) is 5.86.